The standard InChI is InChI=1S/C8H17NOS/c1-6(2)8(11-3)5-10-4-7(8)9/h6-7H,4-5,9H2,1-3H3/t7-,8?/m1/s1. The molecule has 0 aromatic rings. The zero-order valence-electron chi connectivity index (χ0n) is 7.46. The lowest BCUT2D eigenvalue weighted by Gasteiger charge is -2.33. The monoisotopic (exact) mass is 175 g/mol. The van der Waals surface area contributed by atoms with Crippen molar-refractivity contribution in [2.45, 2.75) is 24.6 Å². The smallest absolute Gasteiger partial charge is 0.0632 e. The van der Waals surface area contributed by atoms with Crippen LogP contribution in [0, 0.1) is 5.92 Å². The van der Waals surface area contributed by atoms with E-state index in [0.717, 1.165) is 13.2 Å². The van der Waals surface area contributed by atoms with Gasteiger partial charge in [-0.15, -0.1) is 0 Å². The maximum Gasteiger partial charge on any atom is 0.0632 e. The molecule has 1 saturated heterocycles. The van der Waals surface area contributed by atoms with Crippen molar-refractivity contribution in [3.63, 3.8) is 0 Å². The van der Waals surface area contributed by atoms with Crippen LogP contribution in [0.2, 0.25) is 0 Å². The van der Waals surface area contributed by atoms with Crippen LogP contribution in [0.3, 0.4) is 0 Å². The zero-order valence-corrected chi connectivity index (χ0v) is 8.28. The number of ether oxygens (including phenoxy) is 1. The van der Waals surface area contributed by atoms with Gasteiger partial charge in [0.05, 0.1) is 18.0 Å². The lowest BCUT2D eigenvalue weighted by atomic mass is 9.90. The highest BCUT2D eigenvalue weighted by molar-refractivity contribution is 8.00. The molecule has 1 rings (SSSR count). The Kier molecular flexibility index (Phi) is 2.84. The Hall–Kier alpha value is 0.270. The Morgan fingerprint density at radius 2 is 2.27 bits per heavy atom. The zero-order chi connectivity index (χ0) is 8.48. The summed E-state index contributed by atoms with van der Waals surface area (Å²) in [5.74, 6) is 0.593. The fourth-order valence-electron chi connectivity index (χ4n) is 1.63. The van der Waals surface area contributed by atoms with Gasteiger partial charge in [-0.1, -0.05) is 13.8 Å². The lowest BCUT2D eigenvalue weighted by molar-refractivity contribution is 0.182. The Bertz CT molecular complexity index is 140. The molecule has 0 bridgehead atoms. The van der Waals surface area contributed by atoms with Gasteiger partial charge in [-0.3, -0.25) is 0 Å². The minimum atomic E-state index is 0.167. The molecule has 66 valence electrons. The molecule has 2 nitrogen and oxygen atoms in total. The second-order valence-electron chi connectivity index (χ2n) is 3.44. The third-order valence-corrected chi connectivity index (χ3v) is 4.26. The van der Waals surface area contributed by atoms with Gasteiger partial charge in [0.15, 0.2) is 0 Å². The fraction of sp³-hybridized carbons (Fsp3) is 1.00. The van der Waals surface area contributed by atoms with Crippen LogP contribution in [-0.2, 0) is 4.74 Å². The summed E-state index contributed by atoms with van der Waals surface area (Å²) >= 11 is 1.85. The first-order valence-corrected chi connectivity index (χ1v) is 5.24. The molecular formula is C8H17NOS. The summed E-state index contributed by atoms with van der Waals surface area (Å²) < 4.78 is 5.55. The van der Waals surface area contributed by atoms with Crippen LogP contribution in [0.1, 0.15) is 13.8 Å². The van der Waals surface area contributed by atoms with E-state index in [1.807, 2.05) is 11.8 Å². The maximum absolute atomic E-state index is 5.98. The van der Waals surface area contributed by atoms with Gasteiger partial charge >= 0.3 is 0 Å². The van der Waals surface area contributed by atoms with Crippen molar-refractivity contribution in [3.05, 3.63) is 0 Å². The van der Waals surface area contributed by atoms with E-state index >= 15 is 0 Å². The lowest BCUT2D eigenvalue weighted by Crippen LogP contribution is -2.48. The van der Waals surface area contributed by atoms with E-state index in [1.54, 1.807) is 0 Å². The van der Waals surface area contributed by atoms with E-state index in [0.29, 0.717) is 5.92 Å². The normalized spacial score (nSPS) is 38.5. The molecule has 1 fully saturated rings. The molecule has 3 heteroatoms. The molecular weight excluding hydrogens is 158 g/mol. The third kappa shape index (κ3) is 1.42. The molecule has 0 saturated carbocycles. The molecule has 11 heavy (non-hydrogen) atoms. The number of hydrogen-bond donors (Lipinski definition) is 1. The summed E-state index contributed by atoms with van der Waals surface area (Å²) in [5.41, 5.74) is 5.98. The van der Waals surface area contributed by atoms with Gasteiger partial charge in [-0.05, 0) is 12.2 Å². The fourth-order valence-corrected chi connectivity index (χ4v) is 2.68. The van der Waals surface area contributed by atoms with Crippen LogP contribution in [0.25, 0.3) is 0 Å². The minimum Gasteiger partial charge on any atom is -0.378 e. The Morgan fingerprint density at radius 3 is 2.45 bits per heavy atom. The Morgan fingerprint density at radius 1 is 1.64 bits per heavy atom. The van der Waals surface area contributed by atoms with Crippen molar-refractivity contribution in [2.24, 2.45) is 11.7 Å². The molecule has 1 aliphatic heterocycles. The number of nitrogens with two attached hydrogens (primary N) is 1. The van der Waals surface area contributed by atoms with E-state index in [9.17, 15) is 0 Å². The number of hydrogen-bond acceptors (Lipinski definition) is 3. The van der Waals surface area contributed by atoms with Crippen molar-refractivity contribution >= 4 is 11.8 Å². The molecule has 0 spiro atoms. The molecule has 2 atom stereocenters. The summed E-state index contributed by atoms with van der Waals surface area (Å²) in [6.45, 7) is 5.96. The van der Waals surface area contributed by atoms with E-state index in [1.165, 1.54) is 0 Å². The molecule has 0 amide bonds. The van der Waals surface area contributed by atoms with E-state index < -0.39 is 0 Å². The molecule has 0 aromatic heterocycles. The summed E-state index contributed by atoms with van der Waals surface area (Å²) in [5, 5.41) is 0. The van der Waals surface area contributed by atoms with Crippen molar-refractivity contribution in [2.75, 3.05) is 19.5 Å². The Balaban J connectivity index is 2.73. The van der Waals surface area contributed by atoms with E-state index in [2.05, 4.69) is 20.1 Å². The topological polar surface area (TPSA) is 35.2 Å². The summed E-state index contributed by atoms with van der Waals surface area (Å²) in [6.07, 6.45) is 2.12. The van der Waals surface area contributed by atoms with Gasteiger partial charge in [-0.2, -0.15) is 11.8 Å². The Labute approximate surface area is 72.9 Å². The molecule has 1 heterocycles. The SMILES string of the molecule is CSC1(C(C)C)COC[C@H]1N. The second kappa shape index (κ2) is 3.33. The summed E-state index contributed by atoms with van der Waals surface area (Å²) in [7, 11) is 0. The summed E-state index contributed by atoms with van der Waals surface area (Å²) in [4.78, 5) is 0. The van der Waals surface area contributed by atoms with Crippen LogP contribution in [0.4, 0.5) is 0 Å². The molecule has 2 N–H and O–H groups in total. The molecule has 0 aliphatic carbocycles. The van der Waals surface area contributed by atoms with Crippen LogP contribution in [0.5, 0.6) is 0 Å². The number of thioether (sulfide) groups is 1. The van der Waals surface area contributed by atoms with Crippen LogP contribution in [0.15, 0.2) is 0 Å². The van der Waals surface area contributed by atoms with E-state index in [-0.39, 0.29) is 10.8 Å². The first-order valence-electron chi connectivity index (χ1n) is 4.02. The minimum absolute atomic E-state index is 0.167. The predicted octanol–water partition coefficient (Wildman–Crippen LogP) is 1.10. The van der Waals surface area contributed by atoms with Crippen molar-refractivity contribution in [1.82, 2.24) is 0 Å². The average Bonchev–Trinajstić information content (AvgIpc) is 2.32. The highest BCUT2D eigenvalue weighted by atomic mass is 32.2. The van der Waals surface area contributed by atoms with Crippen LogP contribution < -0.4 is 5.73 Å². The van der Waals surface area contributed by atoms with Gasteiger partial charge in [0, 0.05) is 6.04 Å². The molecule has 1 aliphatic rings. The van der Waals surface area contributed by atoms with Gasteiger partial charge in [0.1, 0.15) is 0 Å². The molecule has 0 aromatic carbocycles. The largest absolute Gasteiger partial charge is 0.378 e. The highest BCUT2D eigenvalue weighted by Crippen LogP contribution is 2.37. The third-order valence-electron chi connectivity index (χ3n) is 2.61. The predicted molar refractivity (Wildman–Crippen MR) is 49.9 cm³/mol. The second-order valence-corrected chi connectivity index (χ2v) is 4.60. The number of rotatable bonds is 2. The van der Waals surface area contributed by atoms with Gasteiger partial charge in [0.2, 0.25) is 0 Å². The summed E-state index contributed by atoms with van der Waals surface area (Å²) in [6, 6.07) is 0.206. The maximum atomic E-state index is 5.98. The van der Waals surface area contributed by atoms with Crippen molar-refractivity contribution < 1.29 is 4.74 Å². The van der Waals surface area contributed by atoms with Crippen LogP contribution in [-0.4, -0.2) is 30.3 Å². The van der Waals surface area contributed by atoms with Crippen LogP contribution >= 0.6 is 11.8 Å². The first kappa shape index (κ1) is 9.36. The molecule has 1 unspecified atom stereocenters. The highest BCUT2D eigenvalue weighted by Gasteiger charge is 2.43. The van der Waals surface area contributed by atoms with Gasteiger partial charge < -0.3 is 10.5 Å². The average molecular weight is 175 g/mol. The molecule has 0 radical (unpaired) electrons. The first-order chi connectivity index (χ1) is 5.13. The van der Waals surface area contributed by atoms with Crippen molar-refractivity contribution in [3.8, 4) is 0 Å². The van der Waals surface area contributed by atoms with Gasteiger partial charge in [0.25, 0.3) is 0 Å². The quantitative estimate of drug-likeness (QED) is 0.682. The van der Waals surface area contributed by atoms with E-state index in [4.69, 9.17) is 10.5 Å². The van der Waals surface area contributed by atoms with Crippen molar-refractivity contribution in [1.29, 1.82) is 0 Å². The van der Waals surface area contributed by atoms with Gasteiger partial charge in [-0.25, -0.2) is 0 Å².